The van der Waals surface area contributed by atoms with Gasteiger partial charge in [0.15, 0.2) is 29.4 Å². The fourth-order valence-corrected chi connectivity index (χ4v) is 2.93. The van der Waals surface area contributed by atoms with Crippen LogP contribution in [0.5, 0.6) is 11.5 Å². The number of benzene rings is 1. The lowest BCUT2D eigenvalue weighted by Gasteiger charge is -2.25. The quantitative estimate of drug-likeness (QED) is 0.270. The number of nitrogens with one attached hydrogen (secondary N) is 2. The van der Waals surface area contributed by atoms with Gasteiger partial charge in [0.05, 0.1) is 6.54 Å². The lowest BCUT2D eigenvalue weighted by atomic mass is 10.2. The molecule has 1 atom stereocenters. The van der Waals surface area contributed by atoms with Crippen LogP contribution in [0.3, 0.4) is 0 Å². The van der Waals surface area contributed by atoms with Gasteiger partial charge in [-0.1, -0.05) is 23.4 Å². The molecule has 0 saturated carbocycles. The summed E-state index contributed by atoms with van der Waals surface area (Å²) in [5.74, 6) is 3.25. The molecule has 0 amide bonds. The van der Waals surface area contributed by atoms with Crippen molar-refractivity contribution in [2.45, 2.75) is 19.4 Å². The second-order valence-corrected chi connectivity index (χ2v) is 6.62. The molecule has 4 rings (SSSR count). The van der Waals surface area contributed by atoms with Gasteiger partial charge in [0.2, 0.25) is 0 Å². The molecule has 31 heavy (non-hydrogen) atoms. The number of hydrogen-bond donors (Lipinski definition) is 2. The summed E-state index contributed by atoms with van der Waals surface area (Å²) >= 11 is 0. The highest BCUT2D eigenvalue weighted by Gasteiger charge is 2.20. The Bertz CT molecular complexity index is 982. The number of pyridine rings is 1. The molecule has 0 aliphatic carbocycles. The third kappa shape index (κ3) is 6.29. The van der Waals surface area contributed by atoms with Crippen LogP contribution in [0.15, 0.2) is 58.2 Å². The largest absolute Gasteiger partial charge is 0.486 e. The Labute approximate surface area is 197 Å². The van der Waals surface area contributed by atoms with E-state index in [1.807, 2.05) is 49.4 Å². The Hall–Kier alpha value is -2.89. The Morgan fingerprint density at radius 1 is 1.13 bits per heavy atom. The molecule has 3 aromatic rings. The highest BCUT2D eigenvalue weighted by atomic mass is 127. The van der Waals surface area contributed by atoms with Gasteiger partial charge >= 0.3 is 0 Å². The summed E-state index contributed by atoms with van der Waals surface area (Å²) in [7, 11) is 0. The maximum Gasteiger partial charge on any atom is 0.276 e. The van der Waals surface area contributed by atoms with E-state index in [0.717, 1.165) is 18.0 Å². The number of guanidine groups is 1. The second kappa shape index (κ2) is 11.5. The average Bonchev–Trinajstić information content (AvgIpc) is 3.27. The number of ether oxygens (including phenoxy) is 2. The third-order valence-corrected chi connectivity index (χ3v) is 4.36. The van der Waals surface area contributed by atoms with E-state index < -0.39 is 0 Å². The van der Waals surface area contributed by atoms with Gasteiger partial charge in [-0.05, 0) is 31.2 Å². The first-order valence-corrected chi connectivity index (χ1v) is 9.96. The monoisotopic (exact) mass is 536 g/mol. The molecular weight excluding hydrogens is 511 g/mol. The summed E-state index contributed by atoms with van der Waals surface area (Å²) in [4.78, 5) is 13.2. The molecule has 9 nitrogen and oxygen atoms in total. The van der Waals surface area contributed by atoms with Gasteiger partial charge in [0.1, 0.15) is 12.3 Å². The van der Waals surface area contributed by atoms with Gasteiger partial charge in [-0.15, -0.1) is 24.0 Å². The van der Waals surface area contributed by atoms with E-state index in [2.05, 4.69) is 30.8 Å². The van der Waals surface area contributed by atoms with Crippen molar-refractivity contribution in [2.75, 3.05) is 26.2 Å². The average molecular weight is 536 g/mol. The fraction of sp³-hybridized carbons (Fsp3) is 0.333. The number of hydrogen-bond acceptors (Lipinski definition) is 7. The smallest absolute Gasteiger partial charge is 0.276 e. The first kappa shape index (κ1) is 22.8. The molecule has 2 N–H and O–H groups in total. The van der Waals surface area contributed by atoms with Gasteiger partial charge in [-0.3, -0.25) is 4.98 Å². The van der Waals surface area contributed by atoms with E-state index in [1.54, 1.807) is 6.20 Å². The van der Waals surface area contributed by atoms with E-state index >= 15 is 0 Å². The summed E-state index contributed by atoms with van der Waals surface area (Å²) in [6.07, 6.45) is 2.16. The Morgan fingerprint density at radius 3 is 2.77 bits per heavy atom. The van der Waals surface area contributed by atoms with Crippen LogP contribution in [0, 0.1) is 0 Å². The van der Waals surface area contributed by atoms with E-state index in [-0.39, 0.29) is 30.1 Å². The molecule has 1 aromatic carbocycles. The van der Waals surface area contributed by atoms with Gasteiger partial charge < -0.3 is 24.6 Å². The van der Waals surface area contributed by atoms with Gasteiger partial charge in [0.25, 0.3) is 5.89 Å². The van der Waals surface area contributed by atoms with E-state index in [4.69, 9.17) is 14.0 Å². The summed E-state index contributed by atoms with van der Waals surface area (Å²) in [6, 6.07) is 13.2. The number of aliphatic imine (C=N–C) groups is 1. The van der Waals surface area contributed by atoms with E-state index in [0.29, 0.717) is 49.5 Å². The third-order valence-electron chi connectivity index (χ3n) is 4.36. The normalized spacial score (nSPS) is 15.1. The summed E-state index contributed by atoms with van der Waals surface area (Å²) < 4.78 is 17.0. The fourth-order valence-electron chi connectivity index (χ4n) is 2.93. The van der Waals surface area contributed by atoms with Crippen molar-refractivity contribution in [1.29, 1.82) is 0 Å². The van der Waals surface area contributed by atoms with Crippen LogP contribution in [0.1, 0.15) is 12.7 Å². The SMILES string of the molecule is CCNC(=NCC1COc2ccccc2O1)NCCc1noc(-c2ccccn2)n1.I. The zero-order valence-corrected chi connectivity index (χ0v) is 19.5. The minimum absolute atomic E-state index is 0. The van der Waals surface area contributed by atoms with Crippen LogP contribution in [-0.2, 0) is 6.42 Å². The van der Waals surface area contributed by atoms with Crippen molar-refractivity contribution in [3.8, 4) is 23.1 Å². The van der Waals surface area contributed by atoms with Crippen LogP contribution < -0.4 is 20.1 Å². The number of fused-ring (bicyclic) bond motifs is 1. The lowest BCUT2D eigenvalue weighted by Crippen LogP contribution is -2.40. The number of aromatic nitrogens is 3. The Kier molecular flexibility index (Phi) is 8.44. The molecule has 164 valence electrons. The predicted octanol–water partition coefficient (Wildman–Crippen LogP) is 2.69. The first-order chi connectivity index (χ1) is 14.8. The van der Waals surface area contributed by atoms with Crippen molar-refractivity contribution >= 4 is 29.9 Å². The van der Waals surface area contributed by atoms with Crippen LogP contribution in [0.2, 0.25) is 0 Å². The minimum Gasteiger partial charge on any atom is -0.486 e. The van der Waals surface area contributed by atoms with E-state index in [9.17, 15) is 0 Å². The molecule has 1 unspecified atom stereocenters. The summed E-state index contributed by atoms with van der Waals surface area (Å²) in [5, 5.41) is 10.5. The molecule has 1 aliphatic heterocycles. The van der Waals surface area contributed by atoms with Crippen LogP contribution in [0.4, 0.5) is 0 Å². The standard InChI is InChI=1S/C21H24N6O3.HI/c1-2-22-21(25-13-15-14-28-17-8-3-4-9-18(17)29-15)24-12-10-19-26-20(30-27-19)16-7-5-6-11-23-16;/h3-9,11,15H,2,10,12-14H2,1H3,(H2,22,24,25);1H. The number of nitrogens with zero attached hydrogens (tertiary/aromatic N) is 4. The molecule has 0 bridgehead atoms. The van der Waals surface area contributed by atoms with Crippen molar-refractivity contribution in [1.82, 2.24) is 25.8 Å². The molecule has 1 aliphatic rings. The highest BCUT2D eigenvalue weighted by Crippen LogP contribution is 2.30. The van der Waals surface area contributed by atoms with Crippen molar-refractivity contribution in [3.05, 3.63) is 54.5 Å². The molecule has 3 heterocycles. The predicted molar refractivity (Wildman–Crippen MR) is 127 cm³/mol. The van der Waals surface area contributed by atoms with Gasteiger partial charge in [-0.25, -0.2) is 4.99 Å². The summed E-state index contributed by atoms with van der Waals surface area (Å²) in [5.41, 5.74) is 0.662. The van der Waals surface area contributed by atoms with Crippen LogP contribution >= 0.6 is 24.0 Å². The van der Waals surface area contributed by atoms with Crippen molar-refractivity contribution in [3.63, 3.8) is 0 Å². The molecule has 0 fully saturated rings. The lowest BCUT2D eigenvalue weighted by molar-refractivity contribution is 0.0971. The highest BCUT2D eigenvalue weighted by molar-refractivity contribution is 14.0. The zero-order valence-electron chi connectivity index (χ0n) is 17.2. The van der Waals surface area contributed by atoms with Crippen molar-refractivity contribution in [2.24, 2.45) is 4.99 Å². The maximum absolute atomic E-state index is 5.95. The Balaban J connectivity index is 0.00000272. The molecular formula is C21H25IN6O3. The van der Waals surface area contributed by atoms with Crippen LogP contribution in [0.25, 0.3) is 11.6 Å². The van der Waals surface area contributed by atoms with E-state index in [1.165, 1.54) is 0 Å². The van der Waals surface area contributed by atoms with Gasteiger partial charge in [-0.2, -0.15) is 4.98 Å². The number of para-hydroxylation sites is 2. The summed E-state index contributed by atoms with van der Waals surface area (Å²) in [6.45, 7) is 4.33. The topological polar surface area (TPSA) is 107 Å². The number of halogens is 1. The second-order valence-electron chi connectivity index (χ2n) is 6.62. The first-order valence-electron chi connectivity index (χ1n) is 9.96. The van der Waals surface area contributed by atoms with Crippen LogP contribution in [-0.4, -0.2) is 53.4 Å². The Morgan fingerprint density at radius 2 is 1.97 bits per heavy atom. The molecule has 10 heteroatoms. The maximum atomic E-state index is 5.95. The number of rotatable bonds is 7. The molecule has 0 saturated heterocycles. The zero-order chi connectivity index (χ0) is 20.6. The minimum atomic E-state index is -0.131. The molecule has 0 spiro atoms. The van der Waals surface area contributed by atoms with Gasteiger partial charge in [0, 0.05) is 25.7 Å². The molecule has 0 radical (unpaired) electrons. The molecule has 2 aromatic heterocycles. The van der Waals surface area contributed by atoms with Crippen molar-refractivity contribution < 1.29 is 14.0 Å².